The van der Waals surface area contributed by atoms with Gasteiger partial charge in [0.2, 0.25) is 0 Å². The molecular formula is C14H19ClN2O. The molecule has 1 unspecified atom stereocenters. The van der Waals surface area contributed by atoms with Crippen molar-refractivity contribution in [2.75, 3.05) is 6.61 Å². The molecule has 98 valence electrons. The van der Waals surface area contributed by atoms with Crippen molar-refractivity contribution >= 4 is 22.6 Å². The van der Waals surface area contributed by atoms with Gasteiger partial charge in [0.25, 0.3) is 0 Å². The molecule has 18 heavy (non-hydrogen) atoms. The molecule has 0 saturated carbocycles. The molecule has 2 aromatic rings. The molecule has 0 fully saturated rings. The first kappa shape index (κ1) is 13.4. The van der Waals surface area contributed by atoms with Crippen molar-refractivity contribution in [1.82, 2.24) is 9.55 Å². The van der Waals surface area contributed by atoms with E-state index < -0.39 is 0 Å². The molecule has 3 nitrogen and oxygen atoms in total. The molecular weight excluding hydrogens is 248 g/mol. The zero-order valence-electron chi connectivity index (χ0n) is 10.9. The van der Waals surface area contributed by atoms with Gasteiger partial charge < -0.3 is 9.67 Å². The highest BCUT2D eigenvalue weighted by molar-refractivity contribution is 6.31. The van der Waals surface area contributed by atoms with Crippen molar-refractivity contribution < 1.29 is 5.11 Å². The van der Waals surface area contributed by atoms with E-state index in [4.69, 9.17) is 16.7 Å². The van der Waals surface area contributed by atoms with Crippen molar-refractivity contribution in [3.8, 4) is 0 Å². The van der Waals surface area contributed by atoms with Gasteiger partial charge in [0.1, 0.15) is 5.82 Å². The van der Waals surface area contributed by atoms with Crippen LogP contribution in [0.25, 0.3) is 11.0 Å². The molecule has 0 spiro atoms. The van der Waals surface area contributed by atoms with Crippen LogP contribution in [0.1, 0.15) is 38.6 Å². The van der Waals surface area contributed by atoms with Crippen LogP contribution >= 0.6 is 11.6 Å². The summed E-state index contributed by atoms with van der Waals surface area (Å²) in [5.41, 5.74) is 2.07. The summed E-state index contributed by atoms with van der Waals surface area (Å²) in [5, 5.41) is 9.69. The summed E-state index contributed by atoms with van der Waals surface area (Å²) in [5.74, 6) is 1.04. The fourth-order valence-corrected chi connectivity index (χ4v) is 2.38. The number of imidazole rings is 1. The summed E-state index contributed by atoms with van der Waals surface area (Å²) in [7, 11) is 0. The van der Waals surface area contributed by atoms with Crippen LogP contribution in [0.3, 0.4) is 0 Å². The fraction of sp³-hybridized carbons (Fsp3) is 0.500. The van der Waals surface area contributed by atoms with Gasteiger partial charge in [-0.2, -0.15) is 0 Å². The maximum atomic E-state index is 8.98. The van der Waals surface area contributed by atoms with E-state index in [2.05, 4.69) is 23.4 Å². The van der Waals surface area contributed by atoms with Gasteiger partial charge in [0.05, 0.1) is 11.0 Å². The molecule has 1 aromatic heterocycles. The topological polar surface area (TPSA) is 38.0 Å². The Hall–Kier alpha value is -1.06. The highest BCUT2D eigenvalue weighted by Crippen LogP contribution is 2.26. The van der Waals surface area contributed by atoms with E-state index in [-0.39, 0.29) is 6.61 Å². The minimum atomic E-state index is 0.199. The van der Waals surface area contributed by atoms with Crippen molar-refractivity contribution in [3.63, 3.8) is 0 Å². The van der Waals surface area contributed by atoms with Crippen LogP contribution in [0.15, 0.2) is 18.2 Å². The highest BCUT2D eigenvalue weighted by atomic mass is 35.5. The summed E-state index contributed by atoms with van der Waals surface area (Å²) in [4.78, 5) is 4.65. The number of hydrogen-bond donors (Lipinski definition) is 1. The number of rotatable bonds is 5. The summed E-state index contributed by atoms with van der Waals surface area (Å²) >= 11 is 6.01. The third kappa shape index (κ3) is 2.52. The van der Waals surface area contributed by atoms with Gasteiger partial charge in [-0.3, -0.25) is 0 Å². The van der Waals surface area contributed by atoms with Gasteiger partial charge in [-0.15, -0.1) is 0 Å². The molecule has 1 heterocycles. The Labute approximate surface area is 112 Å². The fourth-order valence-electron chi connectivity index (χ4n) is 2.21. The lowest BCUT2D eigenvalue weighted by atomic mass is 10.2. The molecule has 0 radical (unpaired) electrons. The van der Waals surface area contributed by atoms with Gasteiger partial charge in [-0.05, 0) is 38.0 Å². The van der Waals surface area contributed by atoms with Gasteiger partial charge in [0, 0.05) is 24.1 Å². The first-order valence-corrected chi connectivity index (χ1v) is 6.82. The number of halogens is 1. The summed E-state index contributed by atoms with van der Waals surface area (Å²) < 4.78 is 2.27. The standard InChI is InChI=1S/C14H19ClN2O/c1-3-10(2)17-13-7-6-11(15)9-12(13)16-14(17)5-4-8-18/h6-7,9-10,18H,3-5,8H2,1-2H3. The minimum Gasteiger partial charge on any atom is -0.396 e. The van der Waals surface area contributed by atoms with E-state index in [1.807, 2.05) is 18.2 Å². The number of fused-ring (bicyclic) bond motifs is 1. The molecule has 0 amide bonds. The second-order valence-corrected chi connectivity index (χ2v) is 5.05. The van der Waals surface area contributed by atoms with Crippen molar-refractivity contribution in [1.29, 1.82) is 0 Å². The molecule has 2 rings (SSSR count). The molecule has 0 bridgehead atoms. The van der Waals surface area contributed by atoms with Gasteiger partial charge in [0.15, 0.2) is 0 Å². The average Bonchev–Trinajstić information content (AvgIpc) is 2.72. The number of nitrogens with zero attached hydrogens (tertiary/aromatic N) is 2. The van der Waals surface area contributed by atoms with Gasteiger partial charge in [-0.1, -0.05) is 18.5 Å². The minimum absolute atomic E-state index is 0.199. The van der Waals surface area contributed by atoms with Crippen LogP contribution in [-0.4, -0.2) is 21.3 Å². The predicted molar refractivity (Wildman–Crippen MR) is 75.2 cm³/mol. The van der Waals surface area contributed by atoms with E-state index in [1.165, 1.54) is 0 Å². The molecule has 1 aromatic carbocycles. The molecule has 4 heteroatoms. The monoisotopic (exact) mass is 266 g/mol. The Balaban J connectivity index is 2.53. The van der Waals surface area contributed by atoms with Gasteiger partial charge >= 0.3 is 0 Å². The molecule has 0 saturated heterocycles. The quantitative estimate of drug-likeness (QED) is 0.898. The smallest absolute Gasteiger partial charge is 0.110 e. The Morgan fingerprint density at radius 2 is 2.22 bits per heavy atom. The SMILES string of the molecule is CCC(C)n1c(CCCO)nc2cc(Cl)ccc21. The summed E-state index contributed by atoms with van der Waals surface area (Å²) in [6.07, 6.45) is 2.60. The second kappa shape index (κ2) is 5.72. The molecule has 1 atom stereocenters. The molecule has 0 aliphatic rings. The van der Waals surface area contributed by atoms with Gasteiger partial charge in [-0.25, -0.2) is 4.98 Å². The van der Waals surface area contributed by atoms with Crippen LogP contribution in [0.5, 0.6) is 0 Å². The molecule has 0 aliphatic heterocycles. The van der Waals surface area contributed by atoms with E-state index >= 15 is 0 Å². The van der Waals surface area contributed by atoms with Crippen LogP contribution in [0.4, 0.5) is 0 Å². The zero-order chi connectivity index (χ0) is 13.1. The lowest BCUT2D eigenvalue weighted by molar-refractivity contribution is 0.286. The highest BCUT2D eigenvalue weighted by Gasteiger charge is 2.14. The van der Waals surface area contributed by atoms with E-state index in [9.17, 15) is 0 Å². The summed E-state index contributed by atoms with van der Waals surface area (Å²) in [6.45, 7) is 4.56. The lowest BCUT2D eigenvalue weighted by Crippen LogP contribution is -2.09. The number of aromatic nitrogens is 2. The van der Waals surface area contributed by atoms with Crippen LogP contribution in [0.2, 0.25) is 5.02 Å². The van der Waals surface area contributed by atoms with E-state index in [0.717, 1.165) is 36.1 Å². The molecule has 0 aliphatic carbocycles. The number of hydrogen-bond acceptors (Lipinski definition) is 2. The summed E-state index contributed by atoms with van der Waals surface area (Å²) in [6, 6.07) is 6.24. The van der Waals surface area contributed by atoms with Crippen molar-refractivity contribution in [2.24, 2.45) is 0 Å². The first-order chi connectivity index (χ1) is 8.67. The Morgan fingerprint density at radius 3 is 2.89 bits per heavy atom. The van der Waals surface area contributed by atoms with Crippen molar-refractivity contribution in [3.05, 3.63) is 29.0 Å². The molecule has 1 N–H and O–H groups in total. The zero-order valence-corrected chi connectivity index (χ0v) is 11.6. The second-order valence-electron chi connectivity index (χ2n) is 4.62. The lowest BCUT2D eigenvalue weighted by Gasteiger charge is -2.15. The maximum Gasteiger partial charge on any atom is 0.110 e. The largest absolute Gasteiger partial charge is 0.396 e. The van der Waals surface area contributed by atoms with Crippen LogP contribution in [0, 0.1) is 0 Å². The Bertz CT molecular complexity index is 536. The van der Waals surface area contributed by atoms with Crippen molar-refractivity contribution in [2.45, 2.75) is 39.2 Å². The predicted octanol–water partition coefficient (Wildman–Crippen LogP) is 3.59. The van der Waals surface area contributed by atoms with E-state index in [1.54, 1.807) is 0 Å². The number of aliphatic hydroxyl groups excluding tert-OH is 1. The Kier molecular flexibility index (Phi) is 4.25. The number of aryl methyl sites for hydroxylation is 1. The number of benzene rings is 1. The Morgan fingerprint density at radius 1 is 1.44 bits per heavy atom. The average molecular weight is 267 g/mol. The first-order valence-electron chi connectivity index (χ1n) is 6.44. The maximum absolute atomic E-state index is 8.98. The third-order valence-corrected chi connectivity index (χ3v) is 3.55. The van der Waals surface area contributed by atoms with Crippen LogP contribution < -0.4 is 0 Å². The van der Waals surface area contributed by atoms with E-state index in [0.29, 0.717) is 11.1 Å². The third-order valence-electron chi connectivity index (χ3n) is 3.31. The number of aliphatic hydroxyl groups is 1. The normalized spacial score (nSPS) is 13.1. The van der Waals surface area contributed by atoms with Crippen LogP contribution in [-0.2, 0) is 6.42 Å².